The Balaban J connectivity index is 1.70. The molecule has 2 saturated carbocycles. The predicted molar refractivity (Wildman–Crippen MR) is 62.2 cm³/mol. The summed E-state index contributed by atoms with van der Waals surface area (Å²) in [5.41, 5.74) is 0.0261. The van der Waals surface area contributed by atoms with Crippen molar-refractivity contribution in [2.75, 3.05) is 0 Å². The monoisotopic (exact) mass is 226 g/mol. The lowest BCUT2D eigenvalue weighted by Crippen LogP contribution is -2.56. The Morgan fingerprint density at radius 2 is 1.88 bits per heavy atom. The molecule has 3 N–H and O–H groups in total. The van der Waals surface area contributed by atoms with Crippen molar-refractivity contribution in [3.63, 3.8) is 0 Å². The van der Waals surface area contributed by atoms with Crippen LogP contribution in [0.25, 0.3) is 0 Å². The van der Waals surface area contributed by atoms with Crippen LogP contribution in [0, 0.1) is 0 Å². The Hall–Kier alpha value is -0.770. The minimum absolute atomic E-state index is 0.0261. The summed E-state index contributed by atoms with van der Waals surface area (Å²) in [4.78, 5) is 11.7. The molecule has 2 aliphatic carbocycles. The van der Waals surface area contributed by atoms with Gasteiger partial charge < -0.3 is 15.7 Å². The molecule has 2 aliphatic rings. The average Bonchev–Trinajstić information content (AvgIpc) is 2.19. The summed E-state index contributed by atoms with van der Waals surface area (Å²) in [5.74, 6) is 0. The lowest BCUT2D eigenvalue weighted by atomic mass is 9.79. The lowest BCUT2D eigenvalue weighted by molar-refractivity contribution is 0.116. The summed E-state index contributed by atoms with van der Waals surface area (Å²) in [6, 6.07) is 0.204. The van der Waals surface area contributed by atoms with Crippen LogP contribution in [0.5, 0.6) is 0 Å². The highest BCUT2D eigenvalue weighted by Crippen LogP contribution is 2.30. The van der Waals surface area contributed by atoms with Gasteiger partial charge in [0.2, 0.25) is 0 Å². The van der Waals surface area contributed by atoms with Gasteiger partial charge in [0.05, 0.1) is 6.10 Å². The van der Waals surface area contributed by atoms with E-state index in [1.165, 1.54) is 6.42 Å². The Morgan fingerprint density at radius 3 is 2.38 bits per heavy atom. The zero-order chi connectivity index (χ0) is 11.6. The van der Waals surface area contributed by atoms with E-state index >= 15 is 0 Å². The number of carbonyl (C=O) groups excluding carboxylic acids is 1. The fourth-order valence-corrected chi connectivity index (χ4v) is 2.55. The molecule has 0 aromatic heterocycles. The van der Waals surface area contributed by atoms with E-state index in [0.29, 0.717) is 0 Å². The smallest absolute Gasteiger partial charge is 0.315 e. The van der Waals surface area contributed by atoms with Gasteiger partial charge in [-0.15, -0.1) is 0 Å². The zero-order valence-corrected chi connectivity index (χ0v) is 9.96. The van der Waals surface area contributed by atoms with Gasteiger partial charge in [-0.25, -0.2) is 4.79 Å². The van der Waals surface area contributed by atoms with E-state index in [0.717, 1.165) is 38.5 Å². The van der Waals surface area contributed by atoms with Crippen LogP contribution in [0.3, 0.4) is 0 Å². The maximum atomic E-state index is 11.7. The molecular formula is C12H22N2O2. The third-order valence-electron chi connectivity index (χ3n) is 3.90. The van der Waals surface area contributed by atoms with Crippen LogP contribution in [0.2, 0.25) is 0 Å². The number of nitrogens with one attached hydrogen (secondary N) is 2. The van der Waals surface area contributed by atoms with Crippen molar-refractivity contribution < 1.29 is 9.90 Å². The van der Waals surface area contributed by atoms with Gasteiger partial charge in [0.15, 0.2) is 0 Å². The standard InChI is InChI=1S/C12H22N2O2/c1-12(7-2-8-12)14-11(16)13-9-3-5-10(15)6-4-9/h9-10,15H,2-8H2,1H3,(H2,13,14,16). The normalized spacial score (nSPS) is 32.6. The van der Waals surface area contributed by atoms with E-state index in [1.807, 2.05) is 0 Å². The molecule has 2 amide bonds. The van der Waals surface area contributed by atoms with Crippen LogP contribution in [-0.4, -0.2) is 28.8 Å². The summed E-state index contributed by atoms with van der Waals surface area (Å²) in [7, 11) is 0. The molecule has 92 valence electrons. The number of aliphatic hydroxyl groups is 1. The first-order valence-corrected chi connectivity index (χ1v) is 6.34. The number of hydrogen-bond donors (Lipinski definition) is 3. The summed E-state index contributed by atoms with van der Waals surface area (Å²) in [6.45, 7) is 2.10. The molecule has 0 spiro atoms. The molecule has 0 aliphatic heterocycles. The van der Waals surface area contributed by atoms with Gasteiger partial charge in [-0.2, -0.15) is 0 Å². The summed E-state index contributed by atoms with van der Waals surface area (Å²) in [5, 5.41) is 15.4. The minimum Gasteiger partial charge on any atom is -0.393 e. The van der Waals surface area contributed by atoms with E-state index in [9.17, 15) is 9.90 Å². The van der Waals surface area contributed by atoms with Crippen LogP contribution in [0.1, 0.15) is 51.9 Å². The summed E-state index contributed by atoms with van der Waals surface area (Å²) < 4.78 is 0. The molecule has 0 atom stereocenters. The van der Waals surface area contributed by atoms with Crippen molar-refractivity contribution in [2.24, 2.45) is 0 Å². The molecule has 0 bridgehead atoms. The van der Waals surface area contributed by atoms with Crippen LogP contribution in [-0.2, 0) is 0 Å². The molecule has 0 heterocycles. The molecule has 0 radical (unpaired) electrons. The lowest BCUT2D eigenvalue weighted by Gasteiger charge is -2.39. The highest BCUT2D eigenvalue weighted by atomic mass is 16.3. The zero-order valence-electron chi connectivity index (χ0n) is 9.96. The van der Waals surface area contributed by atoms with Gasteiger partial charge in [-0.05, 0) is 51.9 Å². The first-order valence-electron chi connectivity index (χ1n) is 6.34. The van der Waals surface area contributed by atoms with E-state index in [4.69, 9.17) is 0 Å². The van der Waals surface area contributed by atoms with E-state index in [1.54, 1.807) is 0 Å². The highest BCUT2D eigenvalue weighted by Gasteiger charge is 2.33. The second-order valence-corrected chi connectivity index (χ2v) is 5.52. The maximum Gasteiger partial charge on any atom is 0.315 e. The van der Waals surface area contributed by atoms with E-state index < -0.39 is 0 Å². The first kappa shape index (κ1) is 11.7. The number of urea groups is 1. The van der Waals surface area contributed by atoms with Gasteiger partial charge in [0.1, 0.15) is 0 Å². The summed E-state index contributed by atoms with van der Waals surface area (Å²) >= 11 is 0. The molecule has 16 heavy (non-hydrogen) atoms. The SMILES string of the molecule is CC1(NC(=O)NC2CCC(O)CC2)CCC1. The van der Waals surface area contributed by atoms with Gasteiger partial charge >= 0.3 is 6.03 Å². The molecule has 0 saturated heterocycles. The fraction of sp³-hybridized carbons (Fsp3) is 0.917. The van der Waals surface area contributed by atoms with E-state index in [2.05, 4.69) is 17.6 Å². The molecule has 4 nitrogen and oxygen atoms in total. The van der Waals surface area contributed by atoms with Crippen molar-refractivity contribution in [3.05, 3.63) is 0 Å². The van der Waals surface area contributed by atoms with Gasteiger partial charge in [-0.3, -0.25) is 0 Å². The van der Waals surface area contributed by atoms with Crippen LogP contribution < -0.4 is 10.6 Å². The van der Waals surface area contributed by atoms with Crippen molar-refractivity contribution >= 4 is 6.03 Å². The van der Waals surface area contributed by atoms with Crippen molar-refractivity contribution in [2.45, 2.75) is 69.6 Å². The highest BCUT2D eigenvalue weighted by molar-refractivity contribution is 5.75. The molecule has 2 fully saturated rings. The molecule has 0 aromatic carbocycles. The summed E-state index contributed by atoms with van der Waals surface area (Å²) in [6.07, 6.45) is 6.63. The Bertz CT molecular complexity index is 256. The molecule has 0 aromatic rings. The third-order valence-corrected chi connectivity index (χ3v) is 3.90. The number of hydrogen-bond acceptors (Lipinski definition) is 2. The van der Waals surface area contributed by atoms with Crippen molar-refractivity contribution in [3.8, 4) is 0 Å². The quantitative estimate of drug-likeness (QED) is 0.668. The topological polar surface area (TPSA) is 61.4 Å². The maximum absolute atomic E-state index is 11.7. The van der Waals surface area contributed by atoms with Gasteiger partial charge in [0.25, 0.3) is 0 Å². The first-order chi connectivity index (χ1) is 7.57. The average molecular weight is 226 g/mol. The molecular weight excluding hydrogens is 204 g/mol. The Morgan fingerprint density at radius 1 is 1.25 bits per heavy atom. The van der Waals surface area contributed by atoms with Gasteiger partial charge in [0, 0.05) is 11.6 Å². The number of rotatable bonds is 2. The van der Waals surface area contributed by atoms with Crippen molar-refractivity contribution in [1.29, 1.82) is 0 Å². The largest absolute Gasteiger partial charge is 0.393 e. The van der Waals surface area contributed by atoms with Crippen LogP contribution in [0.4, 0.5) is 4.79 Å². The second kappa shape index (κ2) is 4.62. The van der Waals surface area contributed by atoms with E-state index in [-0.39, 0.29) is 23.7 Å². The second-order valence-electron chi connectivity index (χ2n) is 5.52. The fourth-order valence-electron chi connectivity index (χ4n) is 2.55. The molecule has 0 unspecified atom stereocenters. The minimum atomic E-state index is -0.162. The third kappa shape index (κ3) is 2.88. The van der Waals surface area contributed by atoms with Crippen LogP contribution in [0.15, 0.2) is 0 Å². The predicted octanol–water partition coefficient (Wildman–Crippen LogP) is 1.53. The molecule has 4 heteroatoms. The molecule has 2 rings (SSSR count). The number of amides is 2. The number of aliphatic hydroxyl groups excluding tert-OH is 1. The van der Waals surface area contributed by atoms with Gasteiger partial charge in [-0.1, -0.05) is 0 Å². The Kier molecular flexibility index (Phi) is 3.38. The number of carbonyl (C=O) groups is 1. The van der Waals surface area contributed by atoms with Crippen molar-refractivity contribution in [1.82, 2.24) is 10.6 Å². The Labute approximate surface area is 96.8 Å². The van der Waals surface area contributed by atoms with Crippen LogP contribution >= 0.6 is 0 Å².